The van der Waals surface area contributed by atoms with Crippen molar-refractivity contribution in [1.29, 1.82) is 0 Å². The SMILES string of the molecule is CN(C)S(=O)(=O)c1ccc(C(=O)COC(=O)c2ccccc2NCc2ccco2)cc1. The van der Waals surface area contributed by atoms with Crippen molar-refractivity contribution in [2.75, 3.05) is 26.0 Å². The summed E-state index contributed by atoms with van der Waals surface area (Å²) in [5.74, 6) is -0.385. The Morgan fingerprint density at radius 1 is 1.00 bits per heavy atom. The number of ether oxygens (including phenoxy) is 1. The molecule has 2 aromatic carbocycles. The number of nitrogens with one attached hydrogen (secondary N) is 1. The van der Waals surface area contributed by atoms with Gasteiger partial charge in [-0.25, -0.2) is 17.5 Å². The van der Waals surface area contributed by atoms with Gasteiger partial charge in [-0.1, -0.05) is 12.1 Å². The molecule has 0 saturated heterocycles. The molecule has 1 heterocycles. The highest BCUT2D eigenvalue weighted by Crippen LogP contribution is 2.18. The normalized spacial score (nSPS) is 11.3. The van der Waals surface area contributed by atoms with Gasteiger partial charge in [0.25, 0.3) is 0 Å². The van der Waals surface area contributed by atoms with E-state index in [-0.39, 0.29) is 16.0 Å². The highest BCUT2D eigenvalue weighted by molar-refractivity contribution is 7.89. The Morgan fingerprint density at radius 2 is 1.71 bits per heavy atom. The van der Waals surface area contributed by atoms with Gasteiger partial charge in [0.05, 0.1) is 23.3 Å². The first kappa shape index (κ1) is 22.3. The molecular formula is C22H22N2O6S. The molecule has 0 aliphatic rings. The van der Waals surface area contributed by atoms with Crippen molar-refractivity contribution in [3.05, 3.63) is 83.8 Å². The average molecular weight is 442 g/mol. The van der Waals surface area contributed by atoms with Crippen molar-refractivity contribution in [3.8, 4) is 0 Å². The lowest BCUT2D eigenvalue weighted by Gasteiger charge is -2.12. The molecule has 0 unspecified atom stereocenters. The molecule has 0 bridgehead atoms. The fourth-order valence-electron chi connectivity index (χ4n) is 2.73. The van der Waals surface area contributed by atoms with E-state index in [9.17, 15) is 18.0 Å². The molecule has 1 aromatic heterocycles. The third-order valence-corrected chi connectivity index (χ3v) is 6.30. The second-order valence-corrected chi connectivity index (χ2v) is 8.94. The molecular weight excluding hydrogens is 420 g/mol. The van der Waals surface area contributed by atoms with Crippen LogP contribution >= 0.6 is 0 Å². The van der Waals surface area contributed by atoms with Crippen molar-refractivity contribution in [1.82, 2.24) is 4.31 Å². The molecule has 0 aliphatic heterocycles. The zero-order valence-corrected chi connectivity index (χ0v) is 17.9. The van der Waals surface area contributed by atoms with E-state index in [0.717, 1.165) is 4.31 Å². The number of rotatable bonds is 9. The van der Waals surface area contributed by atoms with Crippen molar-refractivity contribution in [2.24, 2.45) is 0 Å². The number of sulfonamides is 1. The Morgan fingerprint density at radius 3 is 2.35 bits per heavy atom. The summed E-state index contributed by atoms with van der Waals surface area (Å²) >= 11 is 0. The minimum Gasteiger partial charge on any atom is -0.467 e. The summed E-state index contributed by atoms with van der Waals surface area (Å²) < 4.78 is 35.7. The van der Waals surface area contributed by atoms with Gasteiger partial charge in [0, 0.05) is 25.3 Å². The Labute approximate surface area is 180 Å². The van der Waals surface area contributed by atoms with E-state index < -0.39 is 28.4 Å². The zero-order chi connectivity index (χ0) is 22.4. The summed E-state index contributed by atoms with van der Waals surface area (Å²) in [6, 6.07) is 15.8. The van der Waals surface area contributed by atoms with Crippen molar-refractivity contribution >= 4 is 27.5 Å². The Bertz CT molecular complexity index is 1150. The summed E-state index contributed by atoms with van der Waals surface area (Å²) in [6.07, 6.45) is 1.56. The van der Waals surface area contributed by atoms with Gasteiger partial charge in [-0.05, 0) is 48.5 Å². The Kier molecular flexibility index (Phi) is 6.88. The number of nitrogens with zero attached hydrogens (tertiary/aromatic N) is 1. The molecule has 162 valence electrons. The summed E-state index contributed by atoms with van der Waals surface area (Å²) in [5, 5.41) is 3.10. The monoisotopic (exact) mass is 442 g/mol. The molecule has 8 nitrogen and oxygen atoms in total. The van der Waals surface area contributed by atoms with Gasteiger partial charge >= 0.3 is 5.97 Å². The zero-order valence-electron chi connectivity index (χ0n) is 17.1. The maximum atomic E-state index is 12.5. The Hall–Kier alpha value is -3.43. The number of carbonyl (C=O) groups excluding carboxylic acids is 2. The van der Waals surface area contributed by atoms with E-state index >= 15 is 0 Å². The van der Waals surface area contributed by atoms with Crippen LogP contribution in [-0.2, 0) is 21.3 Å². The predicted molar refractivity (Wildman–Crippen MR) is 114 cm³/mol. The van der Waals surface area contributed by atoms with Gasteiger partial charge in [0.15, 0.2) is 12.4 Å². The quantitative estimate of drug-likeness (QED) is 0.401. The Balaban J connectivity index is 1.62. The molecule has 0 fully saturated rings. The number of furan rings is 1. The molecule has 0 atom stereocenters. The van der Waals surface area contributed by atoms with Crippen LogP contribution < -0.4 is 5.32 Å². The van der Waals surface area contributed by atoms with Crippen molar-refractivity contribution < 1.29 is 27.2 Å². The molecule has 0 amide bonds. The van der Waals surface area contributed by atoms with Crippen LogP contribution in [0, 0.1) is 0 Å². The fraction of sp³-hybridized carbons (Fsp3) is 0.182. The molecule has 31 heavy (non-hydrogen) atoms. The topological polar surface area (TPSA) is 106 Å². The number of Topliss-reactive ketones (excluding diaryl/α,β-unsaturated/α-hetero) is 1. The number of ketones is 1. The van der Waals surface area contributed by atoms with Crippen molar-refractivity contribution in [3.63, 3.8) is 0 Å². The number of hydrogen-bond donors (Lipinski definition) is 1. The maximum absolute atomic E-state index is 12.5. The molecule has 3 aromatic rings. The molecule has 1 N–H and O–H groups in total. The first-order valence-electron chi connectivity index (χ1n) is 9.37. The maximum Gasteiger partial charge on any atom is 0.340 e. The fourth-order valence-corrected chi connectivity index (χ4v) is 3.63. The van der Waals surface area contributed by atoms with Crippen LogP contribution in [0.4, 0.5) is 5.69 Å². The number of esters is 1. The second-order valence-electron chi connectivity index (χ2n) is 6.79. The molecule has 0 spiro atoms. The van der Waals surface area contributed by atoms with Crippen LogP contribution in [0.1, 0.15) is 26.5 Å². The van der Waals surface area contributed by atoms with E-state index in [2.05, 4.69) is 5.32 Å². The van der Waals surface area contributed by atoms with E-state index in [1.807, 2.05) is 6.07 Å². The third kappa shape index (κ3) is 5.39. The largest absolute Gasteiger partial charge is 0.467 e. The van der Waals surface area contributed by atoms with E-state index in [0.29, 0.717) is 18.0 Å². The average Bonchev–Trinajstić information content (AvgIpc) is 3.29. The number of benzene rings is 2. The first-order valence-corrected chi connectivity index (χ1v) is 10.8. The van der Waals surface area contributed by atoms with Gasteiger partial charge in [0.1, 0.15) is 5.76 Å². The standard InChI is InChI=1S/C22H22N2O6S/c1-24(2)31(27,28)18-11-9-16(10-12-18)21(25)15-30-22(26)19-7-3-4-8-20(19)23-14-17-6-5-13-29-17/h3-13,23H,14-15H2,1-2H3. The van der Waals surface area contributed by atoms with Crippen LogP contribution in [0.2, 0.25) is 0 Å². The predicted octanol–water partition coefficient (Wildman–Crippen LogP) is 3.18. The third-order valence-electron chi connectivity index (χ3n) is 4.47. The number of anilines is 1. The van der Waals surface area contributed by atoms with E-state index in [4.69, 9.17) is 9.15 Å². The van der Waals surface area contributed by atoms with Crippen LogP contribution in [0.15, 0.2) is 76.2 Å². The highest BCUT2D eigenvalue weighted by Gasteiger charge is 2.19. The van der Waals surface area contributed by atoms with E-state index in [1.54, 1.807) is 36.6 Å². The summed E-state index contributed by atoms with van der Waals surface area (Å²) in [5.41, 5.74) is 1.08. The van der Waals surface area contributed by atoms with Crippen LogP contribution in [0.5, 0.6) is 0 Å². The first-order chi connectivity index (χ1) is 14.8. The van der Waals surface area contributed by atoms with Crippen LogP contribution in [-0.4, -0.2) is 45.2 Å². The van der Waals surface area contributed by atoms with Gasteiger partial charge in [-0.15, -0.1) is 0 Å². The summed E-state index contributed by atoms with van der Waals surface area (Å²) in [7, 11) is -0.733. The lowest BCUT2D eigenvalue weighted by atomic mass is 10.1. The molecule has 0 saturated carbocycles. The summed E-state index contributed by atoms with van der Waals surface area (Å²) in [4.78, 5) is 24.9. The van der Waals surface area contributed by atoms with Gasteiger partial charge in [-0.2, -0.15) is 0 Å². The smallest absolute Gasteiger partial charge is 0.340 e. The van der Waals surface area contributed by atoms with Crippen molar-refractivity contribution in [2.45, 2.75) is 11.4 Å². The molecule has 3 rings (SSSR count). The van der Waals surface area contributed by atoms with Crippen LogP contribution in [0.25, 0.3) is 0 Å². The lowest BCUT2D eigenvalue weighted by molar-refractivity contribution is 0.0475. The number of carbonyl (C=O) groups is 2. The highest BCUT2D eigenvalue weighted by atomic mass is 32.2. The van der Waals surface area contributed by atoms with Crippen LogP contribution in [0.3, 0.4) is 0 Å². The lowest BCUT2D eigenvalue weighted by Crippen LogP contribution is -2.22. The van der Waals surface area contributed by atoms with Gasteiger partial charge in [-0.3, -0.25) is 4.79 Å². The number of para-hydroxylation sites is 1. The molecule has 0 radical (unpaired) electrons. The van der Waals surface area contributed by atoms with Gasteiger partial charge in [0.2, 0.25) is 10.0 Å². The second kappa shape index (κ2) is 9.59. The van der Waals surface area contributed by atoms with Gasteiger partial charge < -0.3 is 14.5 Å². The molecule has 0 aliphatic carbocycles. The number of hydrogen-bond acceptors (Lipinski definition) is 7. The minimum absolute atomic E-state index is 0.0719. The summed E-state index contributed by atoms with van der Waals surface area (Å²) in [6.45, 7) is -0.0798. The minimum atomic E-state index is -3.58. The molecule has 9 heteroatoms. The van der Waals surface area contributed by atoms with E-state index in [1.165, 1.54) is 38.4 Å².